The zero-order valence-corrected chi connectivity index (χ0v) is 15.4. The highest BCUT2D eigenvalue weighted by molar-refractivity contribution is 9.10. The van der Waals surface area contributed by atoms with Crippen molar-refractivity contribution in [3.05, 3.63) is 27.6 Å². The van der Waals surface area contributed by atoms with E-state index in [2.05, 4.69) is 39.7 Å². The summed E-state index contributed by atoms with van der Waals surface area (Å²) in [6, 6.07) is -0.123. The second kappa shape index (κ2) is 7.94. The molecule has 0 aliphatic heterocycles. The Labute approximate surface area is 139 Å². The molecule has 0 aromatic carbocycles. The Morgan fingerprint density at radius 2 is 2.29 bits per heavy atom. The smallest absolute Gasteiger partial charge is 0.408 e. The van der Waals surface area contributed by atoms with Gasteiger partial charge in [-0.3, -0.25) is 0 Å². The van der Waals surface area contributed by atoms with Crippen molar-refractivity contribution in [1.29, 1.82) is 0 Å². The van der Waals surface area contributed by atoms with Crippen molar-refractivity contribution in [2.75, 3.05) is 0 Å². The van der Waals surface area contributed by atoms with Crippen molar-refractivity contribution >= 4 is 33.4 Å². The quantitative estimate of drug-likeness (QED) is 0.706. The van der Waals surface area contributed by atoms with Gasteiger partial charge in [0.05, 0.1) is 16.4 Å². The molecule has 1 amide bonds. The van der Waals surface area contributed by atoms with Crippen LogP contribution < -0.4 is 5.32 Å². The van der Waals surface area contributed by atoms with Gasteiger partial charge in [-0.2, -0.15) is 0 Å². The number of ether oxygens (including phenoxy) is 1. The van der Waals surface area contributed by atoms with Crippen molar-refractivity contribution < 1.29 is 9.53 Å². The number of rotatable bonds is 6. The molecule has 0 radical (unpaired) electrons. The lowest BCUT2D eigenvalue weighted by Crippen LogP contribution is -2.37. The molecule has 1 aromatic rings. The Hall–Kier alpha value is -0.880. The topological polar surface area (TPSA) is 51.2 Å². The van der Waals surface area contributed by atoms with Gasteiger partial charge in [0.2, 0.25) is 0 Å². The molecule has 21 heavy (non-hydrogen) atoms. The summed E-state index contributed by atoms with van der Waals surface area (Å²) in [7, 11) is 0. The van der Waals surface area contributed by atoms with E-state index in [1.807, 2.05) is 26.8 Å². The Morgan fingerprint density at radius 3 is 2.76 bits per heavy atom. The lowest BCUT2D eigenvalue weighted by Gasteiger charge is -2.26. The first-order chi connectivity index (χ1) is 9.74. The number of allylic oxidation sites excluding steroid dienone is 1. The molecule has 1 heterocycles. The van der Waals surface area contributed by atoms with Crippen LogP contribution in [0.4, 0.5) is 4.79 Å². The summed E-state index contributed by atoms with van der Waals surface area (Å²) in [6.07, 6.45) is 3.33. The number of carbonyl (C=O) groups excluding carboxylic acids is 1. The average molecular weight is 375 g/mol. The first kappa shape index (κ1) is 18.2. The highest BCUT2D eigenvalue weighted by Gasteiger charge is 2.27. The lowest BCUT2D eigenvalue weighted by molar-refractivity contribution is 0.0486. The number of amides is 1. The summed E-state index contributed by atoms with van der Waals surface area (Å²) in [5, 5.41) is 2.97. The van der Waals surface area contributed by atoms with Gasteiger partial charge in [0.25, 0.3) is 0 Å². The van der Waals surface area contributed by atoms with Crippen molar-refractivity contribution in [1.82, 2.24) is 10.3 Å². The third-order valence-electron chi connectivity index (χ3n) is 2.90. The second-order valence-corrected chi connectivity index (χ2v) is 7.61. The van der Waals surface area contributed by atoms with Gasteiger partial charge in [-0.1, -0.05) is 13.0 Å². The molecular weight excluding hydrogens is 352 g/mol. The maximum Gasteiger partial charge on any atom is 0.408 e. The molecule has 0 saturated carbocycles. The highest BCUT2D eigenvalue weighted by atomic mass is 79.9. The number of hydrogen-bond acceptors (Lipinski definition) is 4. The number of thiazole rings is 1. The predicted octanol–water partition coefficient (Wildman–Crippen LogP) is 5.07. The zero-order chi connectivity index (χ0) is 16.0. The summed E-state index contributed by atoms with van der Waals surface area (Å²) in [5.74, 6) is 0.257. The summed E-state index contributed by atoms with van der Waals surface area (Å²) in [4.78, 5) is 17.3. The van der Waals surface area contributed by atoms with Crippen LogP contribution in [-0.2, 0) is 4.74 Å². The number of hydrogen-bond donors (Lipinski definition) is 1. The second-order valence-electron chi connectivity index (χ2n) is 5.97. The van der Waals surface area contributed by atoms with Crippen LogP contribution in [0.15, 0.2) is 22.8 Å². The highest BCUT2D eigenvalue weighted by Crippen LogP contribution is 2.33. The maximum atomic E-state index is 12.1. The maximum absolute atomic E-state index is 12.1. The van der Waals surface area contributed by atoms with Gasteiger partial charge >= 0.3 is 6.09 Å². The molecule has 118 valence electrons. The molecule has 6 heteroatoms. The molecule has 0 aliphatic carbocycles. The molecule has 1 aromatic heterocycles. The van der Waals surface area contributed by atoms with Crippen LogP contribution in [0.2, 0.25) is 0 Å². The summed E-state index contributed by atoms with van der Waals surface area (Å²) < 4.78 is 6.14. The van der Waals surface area contributed by atoms with Gasteiger partial charge in [0, 0.05) is 0 Å². The fraction of sp³-hybridized carbons (Fsp3) is 0.600. The molecular formula is C15H23BrN2O2S. The Balaban J connectivity index is 2.85. The fourth-order valence-corrected chi connectivity index (χ4v) is 3.52. The van der Waals surface area contributed by atoms with Gasteiger partial charge in [-0.15, -0.1) is 17.9 Å². The van der Waals surface area contributed by atoms with Crippen molar-refractivity contribution in [3.8, 4) is 0 Å². The molecule has 1 rings (SSSR count). The van der Waals surface area contributed by atoms with Crippen LogP contribution in [0.25, 0.3) is 0 Å². The average Bonchev–Trinajstić information content (AvgIpc) is 2.77. The third-order valence-corrected chi connectivity index (χ3v) is 4.71. The normalized spacial score (nSPS) is 14.3. The van der Waals surface area contributed by atoms with E-state index in [-0.39, 0.29) is 12.0 Å². The first-order valence-electron chi connectivity index (χ1n) is 6.94. The fourth-order valence-electron chi connectivity index (χ4n) is 1.89. The first-order valence-corrected chi connectivity index (χ1v) is 8.61. The monoisotopic (exact) mass is 374 g/mol. The van der Waals surface area contributed by atoms with E-state index in [1.165, 1.54) is 11.3 Å². The molecule has 0 bridgehead atoms. The van der Waals surface area contributed by atoms with Crippen molar-refractivity contribution in [2.24, 2.45) is 5.92 Å². The standard InChI is InChI=1S/C15H23BrN2O2S/c1-6-7-8-10(2)11(12-13(16)17-9-21-12)18-14(19)20-15(3,4)5/h6,9-11H,1,7-8H2,2-5H3,(H,18,19)/t10-,11+/m1/s1. The Bertz CT molecular complexity index is 482. The predicted molar refractivity (Wildman–Crippen MR) is 90.5 cm³/mol. The van der Waals surface area contributed by atoms with Crippen LogP contribution in [0, 0.1) is 5.92 Å². The van der Waals surface area contributed by atoms with Gasteiger partial charge in [-0.05, 0) is 55.5 Å². The van der Waals surface area contributed by atoms with Crippen LogP contribution in [-0.4, -0.2) is 16.7 Å². The van der Waals surface area contributed by atoms with Crippen LogP contribution in [0.3, 0.4) is 0 Å². The summed E-state index contributed by atoms with van der Waals surface area (Å²) in [5.41, 5.74) is 1.26. The molecule has 0 aliphatic rings. The van der Waals surface area contributed by atoms with E-state index in [0.717, 1.165) is 22.3 Å². The number of nitrogens with one attached hydrogen (secondary N) is 1. The summed E-state index contributed by atoms with van der Waals surface area (Å²) in [6.45, 7) is 11.4. The molecule has 4 nitrogen and oxygen atoms in total. The van der Waals surface area contributed by atoms with E-state index < -0.39 is 11.7 Å². The van der Waals surface area contributed by atoms with E-state index in [4.69, 9.17) is 4.74 Å². The largest absolute Gasteiger partial charge is 0.444 e. The van der Waals surface area contributed by atoms with Gasteiger partial charge in [0.15, 0.2) is 0 Å². The molecule has 1 N–H and O–H groups in total. The minimum Gasteiger partial charge on any atom is -0.444 e. The van der Waals surface area contributed by atoms with Crippen LogP contribution in [0.5, 0.6) is 0 Å². The SMILES string of the molecule is C=CCC[C@@H](C)[C@H](NC(=O)OC(C)(C)C)c1scnc1Br. The van der Waals surface area contributed by atoms with Gasteiger partial charge < -0.3 is 10.1 Å². The minimum atomic E-state index is -0.510. The van der Waals surface area contributed by atoms with Crippen molar-refractivity contribution in [3.63, 3.8) is 0 Å². The lowest BCUT2D eigenvalue weighted by atomic mass is 9.95. The number of carbonyl (C=O) groups is 1. The zero-order valence-electron chi connectivity index (χ0n) is 13.0. The Morgan fingerprint density at radius 1 is 1.62 bits per heavy atom. The van der Waals surface area contributed by atoms with E-state index in [0.29, 0.717) is 0 Å². The van der Waals surface area contributed by atoms with Gasteiger partial charge in [0.1, 0.15) is 10.2 Å². The summed E-state index contributed by atoms with van der Waals surface area (Å²) >= 11 is 4.97. The van der Waals surface area contributed by atoms with Crippen LogP contribution in [0.1, 0.15) is 51.5 Å². The molecule has 0 saturated heterocycles. The third kappa shape index (κ3) is 6.18. The van der Waals surface area contributed by atoms with Crippen molar-refractivity contribution in [2.45, 2.75) is 52.2 Å². The van der Waals surface area contributed by atoms with Gasteiger partial charge in [-0.25, -0.2) is 9.78 Å². The molecule has 0 fully saturated rings. The molecule has 2 atom stereocenters. The number of halogens is 1. The van der Waals surface area contributed by atoms with E-state index in [9.17, 15) is 4.79 Å². The number of alkyl carbamates (subject to hydrolysis) is 1. The minimum absolute atomic E-state index is 0.123. The van der Waals surface area contributed by atoms with Crippen LogP contribution >= 0.6 is 27.3 Å². The molecule has 0 unspecified atom stereocenters. The Kier molecular flexibility index (Phi) is 6.87. The van der Waals surface area contributed by atoms with E-state index in [1.54, 1.807) is 5.51 Å². The van der Waals surface area contributed by atoms with E-state index >= 15 is 0 Å². The number of nitrogens with zero attached hydrogens (tertiary/aromatic N) is 1. The molecule has 0 spiro atoms. The number of aromatic nitrogens is 1.